The lowest BCUT2D eigenvalue weighted by Crippen LogP contribution is -2.49. The van der Waals surface area contributed by atoms with Crippen molar-refractivity contribution in [1.82, 2.24) is 5.32 Å². The molecule has 12 heavy (non-hydrogen) atoms. The number of alkyl halides is 1. The first-order valence-corrected chi connectivity index (χ1v) is 3.68. The Morgan fingerprint density at radius 2 is 1.83 bits per heavy atom. The molecular weight excluding hydrogens is 157 g/mol. The monoisotopic (exact) mass is 171 g/mol. The van der Waals surface area contributed by atoms with E-state index in [1.54, 1.807) is 13.8 Å². The SMILES string of the molecule is C#CC(C)(C)NC(=O)C(C)(C)F. The molecule has 68 valence electrons. The van der Waals surface area contributed by atoms with Gasteiger partial charge in [-0.05, 0) is 27.7 Å². The summed E-state index contributed by atoms with van der Waals surface area (Å²) in [6.45, 7) is 5.65. The highest BCUT2D eigenvalue weighted by atomic mass is 19.1. The van der Waals surface area contributed by atoms with Crippen molar-refractivity contribution in [2.24, 2.45) is 0 Å². The lowest BCUT2D eigenvalue weighted by atomic mass is 10.0. The molecule has 0 bridgehead atoms. The van der Waals surface area contributed by atoms with E-state index in [-0.39, 0.29) is 0 Å². The third kappa shape index (κ3) is 3.38. The molecule has 0 aromatic rings. The molecule has 0 aromatic carbocycles. The van der Waals surface area contributed by atoms with Gasteiger partial charge in [0.15, 0.2) is 5.67 Å². The molecule has 1 amide bonds. The van der Waals surface area contributed by atoms with E-state index in [1.807, 2.05) is 0 Å². The number of amides is 1. The van der Waals surface area contributed by atoms with E-state index in [1.165, 1.54) is 13.8 Å². The van der Waals surface area contributed by atoms with E-state index in [2.05, 4.69) is 11.2 Å². The lowest BCUT2D eigenvalue weighted by Gasteiger charge is -2.23. The van der Waals surface area contributed by atoms with Gasteiger partial charge in [-0.3, -0.25) is 4.79 Å². The van der Waals surface area contributed by atoms with Crippen molar-refractivity contribution >= 4 is 5.91 Å². The standard InChI is InChI=1S/C9H14FNO/c1-6-8(2,3)11-7(12)9(4,5)10/h1H,2-5H3,(H,11,12). The maximum absolute atomic E-state index is 13.0. The van der Waals surface area contributed by atoms with Gasteiger partial charge in [0.05, 0.1) is 5.54 Å². The minimum absolute atomic E-state index is 0.689. The Morgan fingerprint density at radius 3 is 2.08 bits per heavy atom. The molecule has 0 saturated carbocycles. The Balaban J connectivity index is 4.33. The smallest absolute Gasteiger partial charge is 0.258 e. The maximum atomic E-state index is 13.0. The molecule has 0 atom stereocenters. The summed E-state index contributed by atoms with van der Waals surface area (Å²) >= 11 is 0. The van der Waals surface area contributed by atoms with Crippen LogP contribution in [0.4, 0.5) is 4.39 Å². The lowest BCUT2D eigenvalue weighted by molar-refractivity contribution is -0.131. The van der Waals surface area contributed by atoms with Crippen LogP contribution >= 0.6 is 0 Å². The molecule has 0 rings (SSSR count). The zero-order valence-electron chi connectivity index (χ0n) is 7.86. The number of terminal acetylenes is 1. The van der Waals surface area contributed by atoms with Crippen LogP contribution in [-0.2, 0) is 4.79 Å². The Kier molecular flexibility index (Phi) is 2.87. The summed E-state index contributed by atoms with van der Waals surface area (Å²) in [5, 5.41) is 2.40. The van der Waals surface area contributed by atoms with Crippen molar-refractivity contribution in [3.8, 4) is 12.3 Å². The van der Waals surface area contributed by atoms with Crippen LogP contribution in [0.3, 0.4) is 0 Å². The summed E-state index contributed by atoms with van der Waals surface area (Å²) in [5.74, 6) is 1.66. The fourth-order valence-electron chi connectivity index (χ4n) is 0.469. The van der Waals surface area contributed by atoms with Crippen molar-refractivity contribution in [3.63, 3.8) is 0 Å². The molecule has 0 fully saturated rings. The van der Waals surface area contributed by atoms with Crippen LogP contribution < -0.4 is 5.32 Å². The van der Waals surface area contributed by atoms with Crippen LogP contribution in [0.25, 0.3) is 0 Å². The fourth-order valence-corrected chi connectivity index (χ4v) is 0.469. The third-order valence-corrected chi connectivity index (χ3v) is 1.33. The van der Waals surface area contributed by atoms with Crippen LogP contribution in [0.1, 0.15) is 27.7 Å². The van der Waals surface area contributed by atoms with E-state index in [0.29, 0.717) is 0 Å². The van der Waals surface area contributed by atoms with Crippen molar-refractivity contribution < 1.29 is 9.18 Å². The second kappa shape index (κ2) is 3.14. The summed E-state index contributed by atoms with van der Waals surface area (Å²) in [7, 11) is 0. The van der Waals surface area contributed by atoms with Gasteiger partial charge in [-0.25, -0.2) is 4.39 Å². The Hall–Kier alpha value is -1.04. The van der Waals surface area contributed by atoms with Gasteiger partial charge in [-0.1, -0.05) is 5.92 Å². The van der Waals surface area contributed by atoms with Gasteiger partial charge in [-0.15, -0.1) is 6.42 Å². The average Bonchev–Trinajstić information content (AvgIpc) is 1.85. The highest BCUT2D eigenvalue weighted by molar-refractivity contribution is 5.85. The molecule has 0 unspecified atom stereocenters. The van der Waals surface area contributed by atoms with Crippen molar-refractivity contribution in [2.75, 3.05) is 0 Å². The van der Waals surface area contributed by atoms with Gasteiger partial charge in [-0.2, -0.15) is 0 Å². The zero-order chi connectivity index (χ0) is 9.99. The van der Waals surface area contributed by atoms with Gasteiger partial charge in [0.2, 0.25) is 0 Å². The Bertz CT molecular complexity index is 220. The second-order valence-corrected chi connectivity index (χ2v) is 3.70. The largest absolute Gasteiger partial charge is 0.338 e. The second-order valence-electron chi connectivity index (χ2n) is 3.70. The highest BCUT2D eigenvalue weighted by Crippen LogP contribution is 2.10. The molecule has 3 heteroatoms. The zero-order valence-corrected chi connectivity index (χ0v) is 7.86. The van der Waals surface area contributed by atoms with Crippen LogP contribution in [0, 0.1) is 12.3 Å². The molecule has 0 heterocycles. The maximum Gasteiger partial charge on any atom is 0.258 e. The summed E-state index contributed by atoms with van der Waals surface area (Å²) in [5.41, 5.74) is -2.67. The minimum atomic E-state index is -1.88. The molecule has 0 aliphatic heterocycles. The van der Waals surface area contributed by atoms with E-state index in [4.69, 9.17) is 6.42 Å². The normalized spacial score (nSPS) is 12.0. The van der Waals surface area contributed by atoms with Gasteiger partial charge in [0, 0.05) is 0 Å². The van der Waals surface area contributed by atoms with Crippen LogP contribution in [0.2, 0.25) is 0 Å². The van der Waals surface area contributed by atoms with E-state index in [9.17, 15) is 9.18 Å². The Morgan fingerprint density at radius 1 is 1.42 bits per heavy atom. The first kappa shape index (κ1) is 11.0. The predicted molar refractivity (Wildman–Crippen MR) is 46.2 cm³/mol. The summed E-state index contributed by atoms with van der Waals surface area (Å²) in [4.78, 5) is 11.1. The first-order valence-electron chi connectivity index (χ1n) is 3.68. The van der Waals surface area contributed by atoms with Crippen molar-refractivity contribution in [3.05, 3.63) is 0 Å². The molecule has 0 aliphatic rings. The fraction of sp³-hybridized carbons (Fsp3) is 0.667. The van der Waals surface area contributed by atoms with Gasteiger partial charge < -0.3 is 5.32 Å². The number of carbonyl (C=O) groups is 1. The predicted octanol–water partition coefficient (Wildman–Crippen LogP) is 1.26. The van der Waals surface area contributed by atoms with E-state index >= 15 is 0 Å². The van der Waals surface area contributed by atoms with Gasteiger partial charge in [0.25, 0.3) is 5.91 Å². The molecule has 1 N–H and O–H groups in total. The average molecular weight is 171 g/mol. The number of rotatable bonds is 2. The molecule has 0 spiro atoms. The van der Waals surface area contributed by atoms with Gasteiger partial charge in [0.1, 0.15) is 0 Å². The summed E-state index contributed by atoms with van der Waals surface area (Å²) in [6.07, 6.45) is 5.11. The molecule has 2 nitrogen and oxygen atoms in total. The topological polar surface area (TPSA) is 29.1 Å². The molecule has 0 saturated heterocycles. The first-order chi connectivity index (χ1) is 5.19. The van der Waals surface area contributed by atoms with Crippen LogP contribution in [-0.4, -0.2) is 17.1 Å². The Labute approximate surface area is 72.5 Å². The van der Waals surface area contributed by atoms with E-state index in [0.717, 1.165) is 0 Å². The summed E-state index contributed by atoms with van der Waals surface area (Å²) in [6, 6.07) is 0. The van der Waals surface area contributed by atoms with Crippen molar-refractivity contribution in [2.45, 2.75) is 38.9 Å². The third-order valence-electron chi connectivity index (χ3n) is 1.33. The quantitative estimate of drug-likeness (QED) is 0.623. The number of nitrogens with one attached hydrogen (secondary N) is 1. The minimum Gasteiger partial charge on any atom is -0.338 e. The number of hydrogen-bond acceptors (Lipinski definition) is 1. The highest BCUT2D eigenvalue weighted by Gasteiger charge is 2.30. The number of hydrogen-bond donors (Lipinski definition) is 1. The van der Waals surface area contributed by atoms with Gasteiger partial charge >= 0.3 is 0 Å². The van der Waals surface area contributed by atoms with Crippen LogP contribution in [0.5, 0.6) is 0 Å². The molecule has 0 aromatic heterocycles. The summed E-state index contributed by atoms with van der Waals surface area (Å²) < 4.78 is 13.0. The number of halogens is 1. The van der Waals surface area contributed by atoms with Crippen LogP contribution in [0.15, 0.2) is 0 Å². The number of carbonyl (C=O) groups excluding carboxylic acids is 1. The van der Waals surface area contributed by atoms with E-state index < -0.39 is 17.1 Å². The molecule has 0 aliphatic carbocycles. The molecule has 0 radical (unpaired) electrons. The molecular formula is C9H14FNO. The van der Waals surface area contributed by atoms with Crippen molar-refractivity contribution in [1.29, 1.82) is 0 Å².